The van der Waals surface area contributed by atoms with Crippen molar-refractivity contribution in [1.82, 2.24) is 10.3 Å². The summed E-state index contributed by atoms with van der Waals surface area (Å²) in [6.07, 6.45) is 4.36. The molecule has 0 spiro atoms. The van der Waals surface area contributed by atoms with Crippen molar-refractivity contribution in [3.63, 3.8) is 0 Å². The van der Waals surface area contributed by atoms with Crippen molar-refractivity contribution in [1.29, 1.82) is 0 Å². The van der Waals surface area contributed by atoms with E-state index < -0.39 is 0 Å². The first-order valence-corrected chi connectivity index (χ1v) is 7.26. The molecule has 1 aromatic heterocycles. The number of halogens is 1. The molecular weight excluding hydrogens is 302 g/mol. The number of anilines is 1. The number of hydrogen-bond donors (Lipinski definition) is 2. The van der Waals surface area contributed by atoms with E-state index in [-0.39, 0.29) is 18.3 Å². The number of aryl methyl sites for hydroxylation is 1. The van der Waals surface area contributed by atoms with Crippen molar-refractivity contribution in [3.8, 4) is 11.5 Å². The Hall–Kier alpha value is -1.85. The minimum absolute atomic E-state index is 0. The van der Waals surface area contributed by atoms with E-state index in [4.69, 9.17) is 4.42 Å². The molecule has 0 saturated carbocycles. The third kappa shape index (κ3) is 4.08. The van der Waals surface area contributed by atoms with Gasteiger partial charge in [0.05, 0.1) is 5.69 Å². The van der Waals surface area contributed by atoms with E-state index in [1.165, 1.54) is 0 Å². The minimum atomic E-state index is 0. The first-order chi connectivity index (χ1) is 10.2. The summed E-state index contributed by atoms with van der Waals surface area (Å²) in [6, 6.07) is 7.87. The second-order valence-corrected chi connectivity index (χ2v) is 5.42. The molecule has 2 N–H and O–H groups in total. The Morgan fingerprint density at radius 1 is 1.50 bits per heavy atom. The first kappa shape index (κ1) is 16.5. The molecule has 1 amide bonds. The van der Waals surface area contributed by atoms with Crippen molar-refractivity contribution < 1.29 is 9.21 Å². The predicted octanol–water partition coefficient (Wildman–Crippen LogP) is 3.15. The van der Waals surface area contributed by atoms with Crippen LogP contribution in [0.1, 0.15) is 25.0 Å². The maximum Gasteiger partial charge on any atom is 0.226 e. The highest BCUT2D eigenvalue weighted by molar-refractivity contribution is 5.91. The number of nitrogens with one attached hydrogen (secondary N) is 2. The number of oxazole rings is 1. The van der Waals surface area contributed by atoms with Gasteiger partial charge in [-0.1, -0.05) is 6.07 Å². The summed E-state index contributed by atoms with van der Waals surface area (Å²) >= 11 is 0. The van der Waals surface area contributed by atoms with Crippen LogP contribution in [-0.2, 0) is 4.79 Å². The van der Waals surface area contributed by atoms with Crippen molar-refractivity contribution in [2.45, 2.75) is 32.2 Å². The average Bonchev–Trinajstić information content (AvgIpc) is 3.10. The lowest BCUT2D eigenvalue weighted by Crippen LogP contribution is -2.27. The Bertz CT molecular complexity index is 636. The SMILES string of the molecule is Cc1coc(-c2cccc(NC(=O)CC3CCCN3)c2)n1.Cl. The maximum absolute atomic E-state index is 12.0. The third-order valence-electron chi connectivity index (χ3n) is 3.61. The van der Waals surface area contributed by atoms with Crippen LogP contribution in [0.3, 0.4) is 0 Å². The Morgan fingerprint density at radius 2 is 2.36 bits per heavy atom. The van der Waals surface area contributed by atoms with Crippen molar-refractivity contribution in [2.75, 3.05) is 11.9 Å². The molecule has 1 atom stereocenters. The molecule has 0 bridgehead atoms. The number of carbonyl (C=O) groups excluding carboxylic acids is 1. The van der Waals surface area contributed by atoms with E-state index in [1.807, 2.05) is 31.2 Å². The Morgan fingerprint density at radius 3 is 3.05 bits per heavy atom. The molecular formula is C16H20ClN3O2. The summed E-state index contributed by atoms with van der Waals surface area (Å²) < 4.78 is 5.38. The van der Waals surface area contributed by atoms with Gasteiger partial charge in [0.1, 0.15) is 6.26 Å². The molecule has 2 aromatic rings. The zero-order valence-corrected chi connectivity index (χ0v) is 13.3. The van der Waals surface area contributed by atoms with Crippen molar-refractivity contribution >= 4 is 24.0 Å². The number of aromatic nitrogens is 1. The van der Waals surface area contributed by atoms with E-state index in [1.54, 1.807) is 6.26 Å². The molecule has 118 valence electrons. The molecule has 0 radical (unpaired) electrons. The lowest BCUT2D eigenvalue weighted by atomic mass is 10.1. The minimum Gasteiger partial charge on any atom is -0.444 e. The second-order valence-electron chi connectivity index (χ2n) is 5.42. The highest BCUT2D eigenvalue weighted by atomic mass is 35.5. The number of rotatable bonds is 4. The first-order valence-electron chi connectivity index (χ1n) is 7.26. The van der Waals surface area contributed by atoms with Crippen LogP contribution in [0.2, 0.25) is 0 Å². The van der Waals surface area contributed by atoms with Gasteiger partial charge >= 0.3 is 0 Å². The fourth-order valence-electron chi connectivity index (χ4n) is 2.58. The van der Waals surface area contributed by atoms with Gasteiger partial charge in [0.25, 0.3) is 0 Å². The van der Waals surface area contributed by atoms with Crippen LogP contribution < -0.4 is 10.6 Å². The van der Waals surface area contributed by atoms with E-state index in [2.05, 4.69) is 15.6 Å². The number of carbonyl (C=O) groups is 1. The van der Waals surface area contributed by atoms with Crippen LogP contribution in [0, 0.1) is 6.92 Å². The van der Waals surface area contributed by atoms with Crippen LogP contribution in [0.5, 0.6) is 0 Å². The van der Waals surface area contributed by atoms with Crippen LogP contribution in [0.25, 0.3) is 11.5 Å². The topological polar surface area (TPSA) is 67.2 Å². The number of hydrogen-bond acceptors (Lipinski definition) is 4. The highest BCUT2D eigenvalue weighted by Gasteiger charge is 2.17. The fraction of sp³-hybridized carbons (Fsp3) is 0.375. The van der Waals surface area contributed by atoms with Crippen molar-refractivity contribution in [3.05, 3.63) is 36.2 Å². The van der Waals surface area contributed by atoms with Gasteiger partial charge in [0.15, 0.2) is 0 Å². The fourth-order valence-corrected chi connectivity index (χ4v) is 2.58. The Balaban J connectivity index is 0.00000176. The lowest BCUT2D eigenvalue weighted by Gasteiger charge is -2.10. The molecule has 1 aliphatic rings. The second kappa shape index (κ2) is 7.42. The average molecular weight is 322 g/mol. The van der Waals surface area contributed by atoms with Gasteiger partial charge in [-0.3, -0.25) is 4.79 Å². The normalized spacial score (nSPS) is 17.0. The van der Waals surface area contributed by atoms with E-state index in [9.17, 15) is 4.79 Å². The summed E-state index contributed by atoms with van der Waals surface area (Å²) in [5.41, 5.74) is 2.47. The van der Waals surface area contributed by atoms with E-state index in [0.29, 0.717) is 18.4 Å². The number of benzene rings is 1. The smallest absolute Gasteiger partial charge is 0.226 e. The predicted molar refractivity (Wildman–Crippen MR) is 88.2 cm³/mol. The van der Waals surface area contributed by atoms with Gasteiger partial charge in [-0.2, -0.15) is 0 Å². The zero-order valence-electron chi connectivity index (χ0n) is 12.5. The molecule has 1 aliphatic heterocycles. The largest absolute Gasteiger partial charge is 0.444 e. The molecule has 3 rings (SSSR count). The molecule has 2 heterocycles. The molecule has 6 heteroatoms. The molecule has 1 fully saturated rings. The highest BCUT2D eigenvalue weighted by Crippen LogP contribution is 2.22. The third-order valence-corrected chi connectivity index (χ3v) is 3.61. The summed E-state index contributed by atoms with van der Waals surface area (Å²) in [7, 11) is 0. The quantitative estimate of drug-likeness (QED) is 0.907. The summed E-state index contributed by atoms with van der Waals surface area (Å²) in [5.74, 6) is 0.608. The van der Waals surface area contributed by atoms with Crippen LogP contribution in [-0.4, -0.2) is 23.5 Å². The number of nitrogens with zero attached hydrogens (tertiary/aromatic N) is 1. The summed E-state index contributed by atoms with van der Waals surface area (Å²) in [6.45, 7) is 2.89. The van der Waals surface area contributed by atoms with E-state index >= 15 is 0 Å². The molecule has 22 heavy (non-hydrogen) atoms. The van der Waals surface area contributed by atoms with Crippen molar-refractivity contribution in [2.24, 2.45) is 0 Å². The van der Waals surface area contributed by atoms with Crippen LogP contribution in [0.4, 0.5) is 5.69 Å². The van der Waals surface area contributed by atoms with Gasteiger partial charge in [0.2, 0.25) is 11.8 Å². The molecule has 1 aromatic carbocycles. The van der Waals surface area contributed by atoms with Gasteiger partial charge < -0.3 is 15.1 Å². The van der Waals surface area contributed by atoms with Crippen LogP contribution >= 0.6 is 12.4 Å². The standard InChI is InChI=1S/C16H19N3O2.ClH/c1-11-10-21-16(18-11)12-4-2-5-14(8-12)19-15(20)9-13-6-3-7-17-13;/h2,4-5,8,10,13,17H,3,6-7,9H2,1H3,(H,19,20);1H. The Labute approximate surface area is 135 Å². The molecule has 5 nitrogen and oxygen atoms in total. The van der Waals surface area contributed by atoms with Gasteiger partial charge in [-0.15, -0.1) is 12.4 Å². The monoisotopic (exact) mass is 321 g/mol. The Kier molecular flexibility index (Phi) is 5.57. The van der Waals surface area contributed by atoms with Gasteiger partial charge in [0, 0.05) is 23.7 Å². The molecule has 1 saturated heterocycles. The number of amides is 1. The molecule has 0 aliphatic carbocycles. The maximum atomic E-state index is 12.0. The van der Waals surface area contributed by atoms with Gasteiger partial charge in [-0.25, -0.2) is 4.98 Å². The lowest BCUT2D eigenvalue weighted by molar-refractivity contribution is -0.116. The van der Waals surface area contributed by atoms with E-state index in [0.717, 1.165) is 36.3 Å². The summed E-state index contributed by atoms with van der Waals surface area (Å²) in [4.78, 5) is 16.3. The van der Waals surface area contributed by atoms with Gasteiger partial charge in [-0.05, 0) is 44.5 Å². The van der Waals surface area contributed by atoms with Crippen LogP contribution in [0.15, 0.2) is 34.9 Å². The summed E-state index contributed by atoms with van der Waals surface area (Å²) in [5, 5.41) is 6.26. The zero-order chi connectivity index (χ0) is 14.7. The molecule has 1 unspecified atom stereocenters.